The van der Waals surface area contributed by atoms with Crippen LogP contribution in [0.25, 0.3) is 11.1 Å². The van der Waals surface area contributed by atoms with Crippen LogP contribution >= 0.6 is 7.92 Å². The van der Waals surface area contributed by atoms with Crippen LogP contribution in [0.15, 0.2) is 72.8 Å². The molecule has 0 unspecified atom stereocenters. The third kappa shape index (κ3) is 5.01. The van der Waals surface area contributed by atoms with Gasteiger partial charge in [0.05, 0.1) is 14.2 Å². The second-order valence-corrected chi connectivity index (χ2v) is 13.4. The van der Waals surface area contributed by atoms with Gasteiger partial charge in [0.15, 0.2) is 0 Å². The Bertz CT molecular complexity index is 1440. The van der Waals surface area contributed by atoms with Gasteiger partial charge < -0.3 is 14.4 Å². The van der Waals surface area contributed by atoms with Crippen LogP contribution in [-0.4, -0.2) is 28.3 Å². The van der Waals surface area contributed by atoms with Crippen LogP contribution in [-0.2, 0) is 25.7 Å². The quantitative estimate of drug-likeness (QED) is 0.233. The summed E-state index contributed by atoms with van der Waals surface area (Å²) < 4.78 is 11.1. The molecule has 0 saturated heterocycles. The highest BCUT2D eigenvalue weighted by Gasteiger charge is 2.29. The van der Waals surface area contributed by atoms with Gasteiger partial charge in [-0.1, -0.05) is 42.5 Å². The standard InChI is InChI=1S/C36H40NO2P/c1-37(2)33-23-13-25-9-5-7-11-31(25)35(33)36-32-12-8-6-10-26(32)14-24-34(36)40(29-19-15-27(38-3)16-20-29)30-21-17-28(39-4)18-22-30/h13-24H,5-12H2,1-4H3. The van der Waals surface area contributed by atoms with E-state index < -0.39 is 7.92 Å². The van der Waals surface area contributed by atoms with Gasteiger partial charge in [-0.25, -0.2) is 0 Å². The van der Waals surface area contributed by atoms with E-state index in [9.17, 15) is 0 Å². The summed E-state index contributed by atoms with van der Waals surface area (Å²) in [4.78, 5) is 2.33. The first-order chi connectivity index (χ1) is 19.6. The second-order valence-electron chi connectivity index (χ2n) is 11.2. The third-order valence-electron chi connectivity index (χ3n) is 8.66. The zero-order valence-electron chi connectivity index (χ0n) is 24.3. The SMILES string of the molecule is COc1ccc(P(c2ccc(OC)cc2)c2ccc3c(c2-c2c(N(C)C)ccc4c2CCCC4)CCCC3)cc1. The average Bonchev–Trinajstić information content (AvgIpc) is 3.01. The molecule has 0 heterocycles. The Morgan fingerprint density at radius 2 is 1.02 bits per heavy atom. The molecule has 0 bridgehead atoms. The Morgan fingerprint density at radius 3 is 1.52 bits per heavy atom. The molecule has 0 radical (unpaired) electrons. The first-order valence-electron chi connectivity index (χ1n) is 14.6. The Hall–Kier alpha value is -3.29. The van der Waals surface area contributed by atoms with E-state index in [0.29, 0.717) is 0 Å². The lowest BCUT2D eigenvalue weighted by Gasteiger charge is -2.32. The van der Waals surface area contributed by atoms with E-state index in [1.807, 2.05) is 0 Å². The molecular weight excluding hydrogens is 509 g/mol. The molecule has 0 amide bonds. The zero-order valence-corrected chi connectivity index (χ0v) is 25.2. The number of rotatable bonds is 7. The molecule has 206 valence electrons. The monoisotopic (exact) mass is 549 g/mol. The molecule has 0 fully saturated rings. The van der Waals surface area contributed by atoms with E-state index >= 15 is 0 Å². The molecule has 0 aliphatic heterocycles. The third-order valence-corrected chi connectivity index (χ3v) is 11.1. The van der Waals surface area contributed by atoms with Crippen LogP contribution < -0.4 is 30.3 Å². The fourth-order valence-corrected chi connectivity index (χ4v) is 9.08. The van der Waals surface area contributed by atoms with Crippen molar-refractivity contribution in [3.63, 3.8) is 0 Å². The molecule has 0 aromatic heterocycles. The number of ether oxygens (including phenoxy) is 2. The minimum Gasteiger partial charge on any atom is -0.497 e. The lowest BCUT2D eigenvalue weighted by atomic mass is 9.80. The molecule has 0 N–H and O–H groups in total. The molecule has 0 saturated carbocycles. The summed E-state index contributed by atoms with van der Waals surface area (Å²) in [7, 11) is 7.08. The van der Waals surface area contributed by atoms with Crippen molar-refractivity contribution >= 4 is 29.5 Å². The number of benzene rings is 4. The van der Waals surface area contributed by atoms with Crippen LogP contribution in [0.5, 0.6) is 11.5 Å². The Balaban J connectivity index is 1.67. The van der Waals surface area contributed by atoms with Crippen molar-refractivity contribution in [1.82, 2.24) is 0 Å². The van der Waals surface area contributed by atoms with E-state index in [0.717, 1.165) is 17.9 Å². The van der Waals surface area contributed by atoms with Gasteiger partial charge in [0.2, 0.25) is 0 Å². The molecular formula is C36H40NO2P. The summed E-state index contributed by atoms with van der Waals surface area (Å²) >= 11 is 0. The summed E-state index contributed by atoms with van der Waals surface area (Å²) in [5.74, 6) is 1.79. The van der Waals surface area contributed by atoms with Crippen LogP contribution in [0.3, 0.4) is 0 Å². The first kappa shape index (κ1) is 26.9. The fourth-order valence-electron chi connectivity index (χ4n) is 6.64. The lowest BCUT2D eigenvalue weighted by molar-refractivity contribution is 0.415. The zero-order chi connectivity index (χ0) is 27.6. The van der Waals surface area contributed by atoms with E-state index in [4.69, 9.17) is 9.47 Å². The van der Waals surface area contributed by atoms with Crippen LogP contribution in [0.4, 0.5) is 5.69 Å². The normalized spacial score (nSPS) is 14.4. The van der Waals surface area contributed by atoms with Crippen molar-refractivity contribution in [2.75, 3.05) is 33.2 Å². The number of hydrogen-bond donors (Lipinski definition) is 0. The second kappa shape index (κ2) is 11.7. The first-order valence-corrected chi connectivity index (χ1v) is 16.0. The molecule has 6 rings (SSSR count). The maximum Gasteiger partial charge on any atom is 0.118 e. The van der Waals surface area contributed by atoms with Crippen molar-refractivity contribution in [2.24, 2.45) is 0 Å². The van der Waals surface area contributed by atoms with E-state index in [1.165, 1.54) is 77.7 Å². The molecule has 2 aliphatic carbocycles. The lowest BCUT2D eigenvalue weighted by Crippen LogP contribution is -2.26. The highest BCUT2D eigenvalue weighted by Crippen LogP contribution is 2.46. The van der Waals surface area contributed by atoms with E-state index in [1.54, 1.807) is 36.5 Å². The molecule has 0 atom stereocenters. The predicted molar refractivity (Wildman–Crippen MR) is 171 cm³/mol. The molecule has 0 spiro atoms. The fraction of sp³-hybridized carbons (Fsp3) is 0.333. The van der Waals surface area contributed by atoms with Gasteiger partial charge in [-0.15, -0.1) is 0 Å². The Labute approximate surface area is 240 Å². The van der Waals surface area contributed by atoms with Gasteiger partial charge in [-0.2, -0.15) is 0 Å². The van der Waals surface area contributed by atoms with Crippen molar-refractivity contribution in [3.05, 3.63) is 95.1 Å². The van der Waals surface area contributed by atoms with E-state index in [2.05, 4.69) is 91.8 Å². The minimum absolute atomic E-state index is 0.815. The van der Waals surface area contributed by atoms with Gasteiger partial charge in [-0.3, -0.25) is 0 Å². The summed E-state index contributed by atoms with van der Waals surface area (Å²) in [6, 6.07) is 27.2. The molecule has 2 aliphatic rings. The Kier molecular flexibility index (Phi) is 7.85. The highest BCUT2D eigenvalue weighted by atomic mass is 31.1. The number of fused-ring (bicyclic) bond motifs is 2. The van der Waals surface area contributed by atoms with Crippen molar-refractivity contribution in [2.45, 2.75) is 51.4 Å². The van der Waals surface area contributed by atoms with Crippen molar-refractivity contribution in [1.29, 1.82) is 0 Å². The summed E-state index contributed by atoms with van der Waals surface area (Å²) in [6.07, 6.45) is 9.79. The largest absolute Gasteiger partial charge is 0.497 e. The molecule has 4 aromatic carbocycles. The van der Waals surface area contributed by atoms with Crippen LogP contribution in [0.2, 0.25) is 0 Å². The van der Waals surface area contributed by atoms with Crippen LogP contribution in [0, 0.1) is 0 Å². The molecule has 40 heavy (non-hydrogen) atoms. The summed E-state index contributed by atoms with van der Waals surface area (Å²) in [5.41, 5.74) is 10.6. The minimum atomic E-state index is -0.815. The van der Waals surface area contributed by atoms with Gasteiger partial charge in [0, 0.05) is 25.3 Å². The number of hydrogen-bond acceptors (Lipinski definition) is 3. The average molecular weight is 550 g/mol. The highest BCUT2D eigenvalue weighted by molar-refractivity contribution is 7.80. The van der Waals surface area contributed by atoms with Crippen molar-refractivity contribution < 1.29 is 9.47 Å². The predicted octanol–water partition coefficient (Wildman–Crippen LogP) is 6.95. The number of anilines is 1. The maximum atomic E-state index is 5.55. The van der Waals surface area contributed by atoms with Crippen molar-refractivity contribution in [3.8, 4) is 22.6 Å². The molecule has 4 aromatic rings. The van der Waals surface area contributed by atoms with E-state index in [-0.39, 0.29) is 0 Å². The number of nitrogens with zero attached hydrogens (tertiary/aromatic N) is 1. The van der Waals surface area contributed by atoms with Gasteiger partial charge >= 0.3 is 0 Å². The number of aryl methyl sites for hydroxylation is 2. The Morgan fingerprint density at radius 1 is 0.550 bits per heavy atom. The molecule has 3 nitrogen and oxygen atoms in total. The number of methoxy groups -OCH3 is 2. The topological polar surface area (TPSA) is 21.7 Å². The maximum absolute atomic E-state index is 5.55. The van der Waals surface area contributed by atoms with Crippen LogP contribution in [0.1, 0.15) is 47.9 Å². The smallest absolute Gasteiger partial charge is 0.118 e. The van der Waals surface area contributed by atoms with Gasteiger partial charge in [-0.05, 0) is 133 Å². The summed E-state index contributed by atoms with van der Waals surface area (Å²) in [6.45, 7) is 0. The summed E-state index contributed by atoms with van der Waals surface area (Å²) in [5, 5.41) is 4.15. The van der Waals surface area contributed by atoms with Gasteiger partial charge in [0.1, 0.15) is 11.5 Å². The van der Waals surface area contributed by atoms with Gasteiger partial charge in [0.25, 0.3) is 0 Å². The molecule has 4 heteroatoms.